The molecule has 4 heteroatoms. The monoisotopic (exact) mass is 233 g/mol. The van der Waals surface area contributed by atoms with Gasteiger partial charge in [-0.25, -0.2) is 0 Å². The SMILES string of the molecule is Cn1cc(CNCC2CCCOC2)cc1C#N. The number of nitriles is 1. The van der Waals surface area contributed by atoms with Crippen molar-refractivity contribution in [2.45, 2.75) is 19.4 Å². The molecule has 1 aliphatic heterocycles. The van der Waals surface area contributed by atoms with E-state index in [9.17, 15) is 0 Å². The van der Waals surface area contributed by atoms with Crippen LogP contribution in [-0.4, -0.2) is 24.3 Å². The van der Waals surface area contributed by atoms with Crippen LogP contribution in [0.2, 0.25) is 0 Å². The topological polar surface area (TPSA) is 50.0 Å². The van der Waals surface area contributed by atoms with Crippen molar-refractivity contribution < 1.29 is 4.74 Å². The molecule has 0 bridgehead atoms. The molecule has 1 unspecified atom stereocenters. The average molecular weight is 233 g/mol. The van der Waals surface area contributed by atoms with E-state index in [0.717, 1.165) is 26.3 Å². The van der Waals surface area contributed by atoms with Crippen molar-refractivity contribution >= 4 is 0 Å². The highest BCUT2D eigenvalue weighted by atomic mass is 16.5. The minimum Gasteiger partial charge on any atom is -0.381 e. The number of rotatable bonds is 4. The molecular formula is C13H19N3O. The summed E-state index contributed by atoms with van der Waals surface area (Å²) in [5.74, 6) is 0.642. The zero-order valence-corrected chi connectivity index (χ0v) is 10.3. The van der Waals surface area contributed by atoms with E-state index in [0.29, 0.717) is 11.6 Å². The third-order valence-electron chi connectivity index (χ3n) is 3.19. The van der Waals surface area contributed by atoms with Crippen LogP contribution in [0.1, 0.15) is 24.1 Å². The Labute approximate surface area is 102 Å². The quantitative estimate of drug-likeness (QED) is 0.855. The van der Waals surface area contributed by atoms with E-state index in [2.05, 4.69) is 11.4 Å². The van der Waals surface area contributed by atoms with Crippen LogP contribution < -0.4 is 5.32 Å². The van der Waals surface area contributed by atoms with Gasteiger partial charge in [-0.2, -0.15) is 5.26 Å². The maximum Gasteiger partial charge on any atom is 0.120 e. The molecule has 1 atom stereocenters. The first-order chi connectivity index (χ1) is 8.29. The number of aryl methyl sites for hydroxylation is 1. The van der Waals surface area contributed by atoms with E-state index >= 15 is 0 Å². The molecule has 92 valence electrons. The van der Waals surface area contributed by atoms with Crippen molar-refractivity contribution in [3.63, 3.8) is 0 Å². The predicted octanol–water partition coefficient (Wildman–Crippen LogP) is 1.41. The van der Waals surface area contributed by atoms with Crippen LogP contribution in [0.5, 0.6) is 0 Å². The second-order valence-electron chi connectivity index (χ2n) is 4.67. The Morgan fingerprint density at radius 3 is 3.18 bits per heavy atom. The van der Waals surface area contributed by atoms with Gasteiger partial charge in [0.1, 0.15) is 11.8 Å². The Bertz CT molecular complexity index is 399. The lowest BCUT2D eigenvalue weighted by Gasteiger charge is -2.22. The summed E-state index contributed by atoms with van der Waals surface area (Å²) in [7, 11) is 1.90. The molecule has 0 radical (unpaired) electrons. The van der Waals surface area contributed by atoms with Crippen LogP contribution in [0.4, 0.5) is 0 Å². The lowest BCUT2D eigenvalue weighted by molar-refractivity contribution is 0.0547. The van der Waals surface area contributed by atoms with Gasteiger partial charge in [0, 0.05) is 32.9 Å². The summed E-state index contributed by atoms with van der Waals surface area (Å²) in [4.78, 5) is 0. The van der Waals surface area contributed by atoms with Gasteiger partial charge in [0.05, 0.1) is 6.61 Å². The average Bonchev–Trinajstić information content (AvgIpc) is 2.71. The Kier molecular flexibility index (Phi) is 4.18. The number of nitrogens with one attached hydrogen (secondary N) is 1. The first kappa shape index (κ1) is 12.2. The summed E-state index contributed by atoms with van der Waals surface area (Å²) in [6, 6.07) is 4.11. The highest BCUT2D eigenvalue weighted by molar-refractivity contribution is 5.28. The Morgan fingerprint density at radius 2 is 2.53 bits per heavy atom. The maximum absolute atomic E-state index is 8.85. The Hall–Kier alpha value is -1.31. The van der Waals surface area contributed by atoms with Gasteiger partial charge < -0.3 is 14.6 Å². The molecule has 0 aliphatic carbocycles. The highest BCUT2D eigenvalue weighted by Gasteiger charge is 2.13. The number of ether oxygens (including phenoxy) is 1. The number of aromatic nitrogens is 1. The summed E-state index contributed by atoms with van der Waals surface area (Å²) in [6.07, 6.45) is 4.43. The zero-order valence-electron chi connectivity index (χ0n) is 10.3. The fourth-order valence-corrected chi connectivity index (χ4v) is 2.23. The van der Waals surface area contributed by atoms with Crippen LogP contribution in [-0.2, 0) is 18.3 Å². The van der Waals surface area contributed by atoms with Gasteiger partial charge in [-0.1, -0.05) is 0 Å². The third kappa shape index (κ3) is 3.32. The van der Waals surface area contributed by atoms with Crippen molar-refractivity contribution in [3.05, 3.63) is 23.5 Å². The molecule has 0 saturated carbocycles. The first-order valence-corrected chi connectivity index (χ1v) is 6.13. The summed E-state index contributed by atoms with van der Waals surface area (Å²) < 4.78 is 7.30. The van der Waals surface area contributed by atoms with E-state index in [1.165, 1.54) is 18.4 Å². The van der Waals surface area contributed by atoms with Gasteiger partial charge >= 0.3 is 0 Å². The maximum atomic E-state index is 8.85. The van der Waals surface area contributed by atoms with Crippen molar-refractivity contribution in [3.8, 4) is 6.07 Å². The molecule has 1 aliphatic rings. The molecule has 2 heterocycles. The van der Waals surface area contributed by atoms with E-state index in [-0.39, 0.29) is 0 Å². The normalized spacial score (nSPS) is 20.1. The molecule has 17 heavy (non-hydrogen) atoms. The predicted molar refractivity (Wildman–Crippen MR) is 65.4 cm³/mol. The second kappa shape index (κ2) is 5.85. The van der Waals surface area contributed by atoms with Gasteiger partial charge in [-0.15, -0.1) is 0 Å². The minimum absolute atomic E-state index is 0.642. The molecule has 2 rings (SSSR count). The van der Waals surface area contributed by atoms with Gasteiger partial charge in [0.25, 0.3) is 0 Å². The standard InChI is InChI=1S/C13H19N3O/c1-16-9-12(5-13(16)6-14)8-15-7-11-3-2-4-17-10-11/h5,9,11,15H,2-4,7-8,10H2,1H3. The lowest BCUT2D eigenvalue weighted by atomic mass is 10.0. The largest absolute Gasteiger partial charge is 0.381 e. The fourth-order valence-electron chi connectivity index (χ4n) is 2.23. The highest BCUT2D eigenvalue weighted by Crippen LogP contribution is 2.12. The second-order valence-corrected chi connectivity index (χ2v) is 4.67. The van der Waals surface area contributed by atoms with Crippen LogP contribution in [0.15, 0.2) is 12.3 Å². The number of hydrogen-bond donors (Lipinski definition) is 1. The van der Waals surface area contributed by atoms with Crippen molar-refractivity contribution in [2.24, 2.45) is 13.0 Å². The van der Waals surface area contributed by atoms with Gasteiger partial charge in [0.2, 0.25) is 0 Å². The molecule has 1 saturated heterocycles. The first-order valence-electron chi connectivity index (χ1n) is 6.13. The molecule has 1 fully saturated rings. The van der Waals surface area contributed by atoms with E-state index < -0.39 is 0 Å². The molecule has 1 N–H and O–H groups in total. The minimum atomic E-state index is 0.642. The molecule has 4 nitrogen and oxygen atoms in total. The van der Waals surface area contributed by atoms with Crippen molar-refractivity contribution in [2.75, 3.05) is 19.8 Å². The van der Waals surface area contributed by atoms with Crippen LogP contribution >= 0.6 is 0 Å². The lowest BCUT2D eigenvalue weighted by Crippen LogP contribution is -2.28. The fraction of sp³-hybridized carbons (Fsp3) is 0.615. The third-order valence-corrected chi connectivity index (χ3v) is 3.19. The zero-order chi connectivity index (χ0) is 12.1. The van der Waals surface area contributed by atoms with E-state index in [1.807, 2.05) is 23.9 Å². The van der Waals surface area contributed by atoms with Gasteiger partial charge in [0.15, 0.2) is 0 Å². The van der Waals surface area contributed by atoms with Crippen LogP contribution in [0.25, 0.3) is 0 Å². The smallest absolute Gasteiger partial charge is 0.120 e. The molecule has 0 spiro atoms. The summed E-state index contributed by atoms with van der Waals surface area (Å²) in [6.45, 7) is 3.62. The van der Waals surface area contributed by atoms with Crippen molar-refractivity contribution in [1.82, 2.24) is 9.88 Å². The number of hydrogen-bond acceptors (Lipinski definition) is 3. The van der Waals surface area contributed by atoms with Gasteiger partial charge in [-0.3, -0.25) is 0 Å². The van der Waals surface area contributed by atoms with Gasteiger partial charge in [-0.05, 0) is 30.4 Å². The van der Waals surface area contributed by atoms with Crippen molar-refractivity contribution in [1.29, 1.82) is 5.26 Å². The molecular weight excluding hydrogens is 214 g/mol. The Balaban J connectivity index is 1.75. The van der Waals surface area contributed by atoms with Crippen LogP contribution in [0.3, 0.4) is 0 Å². The van der Waals surface area contributed by atoms with Crippen LogP contribution in [0, 0.1) is 17.2 Å². The Morgan fingerprint density at radius 1 is 1.65 bits per heavy atom. The summed E-state index contributed by atoms with van der Waals surface area (Å²) in [5, 5.41) is 12.3. The summed E-state index contributed by atoms with van der Waals surface area (Å²) >= 11 is 0. The molecule has 1 aromatic rings. The number of nitrogens with zero attached hydrogens (tertiary/aromatic N) is 2. The molecule has 0 aromatic carbocycles. The van der Waals surface area contributed by atoms with E-state index in [4.69, 9.17) is 10.00 Å². The summed E-state index contributed by atoms with van der Waals surface area (Å²) in [5.41, 5.74) is 1.88. The van der Waals surface area contributed by atoms with E-state index in [1.54, 1.807) is 0 Å². The molecule has 1 aromatic heterocycles. The molecule has 0 amide bonds.